The molecule has 0 bridgehead atoms. The second-order valence-corrected chi connectivity index (χ2v) is 9.61. The molecule has 5 nitrogen and oxygen atoms in total. The lowest BCUT2D eigenvalue weighted by Crippen LogP contribution is -2.41. The second-order valence-electron chi connectivity index (χ2n) is 4.67. The molecule has 1 saturated heterocycles. The van der Waals surface area contributed by atoms with Crippen molar-refractivity contribution in [2.75, 3.05) is 31.1 Å². The molecule has 20 heavy (non-hydrogen) atoms. The molecule has 2 heterocycles. The molecule has 1 aliphatic rings. The number of nitrogens with one attached hydrogen (secondary N) is 1. The van der Waals surface area contributed by atoms with E-state index in [1.54, 1.807) is 6.07 Å². The van der Waals surface area contributed by atoms with E-state index in [-0.39, 0.29) is 0 Å². The van der Waals surface area contributed by atoms with Gasteiger partial charge in [-0.2, -0.15) is 4.31 Å². The van der Waals surface area contributed by atoms with Crippen LogP contribution in [0.1, 0.15) is 16.7 Å². The van der Waals surface area contributed by atoms with Crippen LogP contribution in [-0.2, 0) is 27.4 Å². The first-order chi connectivity index (χ1) is 9.45. The van der Waals surface area contributed by atoms with Crippen LogP contribution in [0.5, 0.6) is 0 Å². The third-order valence-corrected chi connectivity index (χ3v) is 7.71. The minimum atomic E-state index is -3.44. The molecule has 0 aromatic carbocycles. The van der Waals surface area contributed by atoms with E-state index >= 15 is 0 Å². The molecular weight excluding hydrogens is 316 g/mol. The zero-order valence-corrected chi connectivity index (χ0v) is 14.2. The van der Waals surface area contributed by atoms with Crippen LogP contribution in [0.3, 0.4) is 0 Å². The lowest BCUT2D eigenvalue weighted by molar-refractivity contribution is 0.438. The molecule has 0 unspecified atom stereocenters. The highest BCUT2D eigenvalue weighted by Gasteiger charge is 2.30. The summed E-state index contributed by atoms with van der Waals surface area (Å²) in [6.45, 7) is 6.12. The molecule has 1 N–H and O–H groups in total. The molecule has 1 fully saturated rings. The number of thiophene rings is 1. The first kappa shape index (κ1) is 16.1. The zero-order chi connectivity index (χ0) is 14.8. The summed E-state index contributed by atoms with van der Waals surface area (Å²) in [5.41, 5.74) is 0. The number of rotatable bonds is 5. The maximum atomic E-state index is 12.6. The molecule has 1 aliphatic heterocycles. The van der Waals surface area contributed by atoms with Crippen LogP contribution in [-0.4, -0.2) is 48.1 Å². The third-order valence-electron chi connectivity index (χ3n) is 3.23. The molecule has 0 radical (unpaired) electrons. The Balaban J connectivity index is 2.20. The van der Waals surface area contributed by atoms with Crippen LogP contribution in [0.15, 0.2) is 11.0 Å². The van der Waals surface area contributed by atoms with Crippen molar-refractivity contribution in [3.63, 3.8) is 0 Å². The molecule has 2 rings (SSSR count). The average molecular weight is 337 g/mol. The largest absolute Gasteiger partial charge is 0.312 e. The quantitative estimate of drug-likeness (QED) is 0.868. The lowest BCUT2D eigenvalue weighted by atomic mass is 10.4. The van der Waals surface area contributed by atoms with E-state index in [0.717, 1.165) is 16.3 Å². The monoisotopic (exact) mass is 336 g/mol. The van der Waals surface area contributed by atoms with Crippen LogP contribution in [0.2, 0.25) is 0 Å². The summed E-state index contributed by atoms with van der Waals surface area (Å²) in [4.78, 5) is 2.26. The van der Waals surface area contributed by atoms with E-state index in [9.17, 15) is 12.6 Å². The summed E-state index contributed by atoms with van der Waals surface area (Å²) in [6, 6.07) is 1.77. The smallest absolute Gasteiger partial charge is 0.244 e. The topological polar surface area (TPSA) is 66.5 Å². The first-order valence-electron chi connectivity index (χ1n) is 6.60. The zero-order valence-electron chi connectivity index (χ0n) is 11.7. The highest BCUT2D eigenvalue weighted by Crippen LogP contribution is 2.28. The number of hydrogen-bond donors (Lipinski definition) is 1. The summed E-state index contributed by atoms with van der Waals surface area (Å²) in [5.74, 6) is 0.874. The van der Waals surface area contributed by atoms with Gasteiger partial charge in [0.2, 0.25) is 10.0 Å². The summed E-state index contributed by atoms with van der Waals surface area (Å²) in [6.07, 6.45) is 0. The highest BCUT2D eigenvalue weighted by molar-refractivity contribution is 7.89. The summed E-state index contributed by atoms with van der Waals surface area (Å²) >= 11 is 1.52. The first-order valence-corrected chi connectivity index (χ1v) is 10.3. The van der Waals surface area contributed by atoms with Crippen LogP contribution >= 0.6 is 11.3 Å². The van der Waals surface area contributed by atoms with Crippen LogP contribution in [0.25, 0.3) is 0 Å². The molecule has 0 atom stereocenters. The predicted octanol–water partition coefficient (Wildman–Crippen LogP) is 0.919. The van der Waals surface area contributed by atoms with E-state index in [1.807, 2.05) is 13.8 Å². The summed E-state index contributed by atoms with van der Waals surface area (Å²) in [5, 5.41) is 3.20. The lowest BCUT2D eigenvalue weighted by Gasteiger charge is -2.25. The highest BCUT2D eigenvalue weighted by atomic mass is 32.2. The normalized spacial score (nSPS) is 18.5. The van der Waals surface area contributed by atoms with Gasteiger partial charge in [-0.15, -0.1) is 11.3 Å². The molecule has 114 valence electrons. The molecule has 0 saturated carbocycles. The SMILES string of the molecule is CCNCc1cc(S(=O)(=O)N2CCS(=O)CC2)c(C)s1. The van der Waals surface area contributed by atoms with Gasteiger partial charge in [-0.25, -0.2) is 8.42 Å². The molecule has 0 amide bonds. The summed E-state index contributed by atoms with van der Waals surface area (Å²) in [7, 11) is -4.31. The minimum Gasteiger partial charge on any atom is -0.312 e. The Morgan fingerprint density at radius 2 is 2.05 bits per heavy atom. The van der Waals surface area contributed by atoms with E-state index in [1.165, 1.54) is 15.6 Å². The fourth-order valence-corrected chi connectivity index (χ4v) is 6.41. The average Bonchev–Trinajstić information content (AvgIpc) is 2.79. The van der Waals surface area contributed by atoms with Crippen molar-refractivity contribution in [1.29, 1.82) is 0 Å². The van der Waals surface area contributed by atoms with Crippen molar-refractivity contribution < 1.29 is 12.6 Å². The maximum absolute atomic E-state index is 12.6. The van der Waals surface area contributed by atoms with Gasteiger partial charge in [-0.3, -0.25) is 4.21 Å². The van der Waals surface area contributed by atoms with Crippen LogP contribution in [0.4, 0.5) is 0 Å². The van der Waals surface area contributed by atoms with E-state index < -0.39 is 20.8 Å². The van der Waals surface area contributed by atoms with Crippen molar-refractivity contribution in [3.8, 4) is 0 Å². The standard InChI is InChI=1S/C12H20N2O3S3/c1-3-13-9-11-8-12(10(2)18-11)20(16,17)14-4-6-19(15)7-5-14/h8,13H,3-7,9H2,1-2H3. The van der Waals surface area contributed by atoms with Crippen LogP contribution in [0, 0.1) is 6.92 Å². The molecule has 1 aromatic heterocycles. The molecule has 8 heteroatoms. The molecule has 1 aromatic rings. The van der Waals surface area contributed by atoms with E-state index in [4.69, 9.17) is 0 Å². The number of hydrogen-bond acceptors (Lipinski definition) is 5. The number of nitrogens with zero attached hydrogens (tertiary/aromatic N) is 1. The van der Waals surface area contributed by atoms with E-state index in [0.29, 0.717) is 36.0 Å². The molecule has 0 spiro atoms. The van der Waals surface area contributed by atoms with Gasteiger partial charge >= 0.3 is 0 Å². The Hall–Kier alpha value is -0.280. The van der Waals surface area contributed by atoms with Crippen molar-refractivity contribution in [1.82, 2.24) is 9.62 Å². The Labute approximate surface area is 126 Å². The Morgan fingerprint density at radius 1 is 1.40 bits per heavy atom. The van der Waals surface area contributed by atoms with Crippen molar-refractivity contribution in [2.45, 2.75) is 25.3 Å². The van der Waals surface area contributed by atoms with Crippen molar-refractivity contribution in [2.24, 2.45) is 0 Å². The van der Waals surface area contributed by atoms with Crippen LogP contribution < -0.4 is 5.32 Å². The number of aryl methyl sites for hydroxylation is 1. The van der Waals surface area contributed by atoms with Gasteiger partial charge in [0, 0.05) is 51.7 Å². The molecular formula is C12H20N2O3S3. The third kappa shape index (κ3) is 3.48. The fourth-order valence-electron chi connectivity index (χ4n) is 2.12. The Morgan fingerprint density at radius 3 is 2.65 bits per heavy atom. The van der Waals surface area contributed by atoms with Gasteiger partial charge in [0.1, 0.15) is 0 Å². The van der Waals surface area contributed by atoms with Gasteiger partial charge in [-0.05, 0) is 19.5 Å². The maximum Gasteiger partial charge on any atom is 0.244 e. The van der Waals surface area contributed by atoms with E-state index in [2.05, 4.69) is 5.32 Å². The van der Waals surface area contributed by atoms with Gasteiger partial charge in [-0.1, -0.05) is 6.92 Å². The number of sulfonamides is 1. The van der Waals surface area contributed by atoms with Gasteiger partial charge in [0.15, 0.2) is 0 Å². The minimum absolute atomic E-state index is 0.354. The van der Waals surface area contributed by atoms with Gasteiger partial charge in [0.05, 0.1) is 4.90 Å². The Kier molecular flexibility index (Phi) is 5.36. The summed E-state index contributed by atoms with van der Waals surface area (Å²) < 4.78 is 38.0. The van der Waals surface area contributed by atoms with Gasteiger partial charge in [0.25, 0.3) is 0 Å². The fraction of sp³-hybridized carbons (Fsp3) is 0.667. The van der Waals surface area contributed by atoms with Crippen molar-refractivity contribution in [3.05, 3.63) is 15.8 Å². The Bertz CT molecular complexity index is 585. The predicted molar refractivity (Wildman–Crippen MR) is 83.1 cm³/mol. The second kappa shape index (κ2) is 6.65. The van der Waals surface area contributed by atoms with Gasteiger partial charge < -0.3 is 5.32 Å². The molecule has 0 aliphatic carbocycles. The van der Waals surface area contributed by atoms with Crippen molar-refractivity contribution >= 4 is 32.2 Å².